The number of rotatable bonds is 3. The van der Waals surface area contributed by atoms with Crippen LogP contribution in [-0.4, -0.2) is 30.1 Å². The minimum atomic E-state index is -0.422. The van der Waals surface area contributed by atoms with Crippen molar-refractivity contribution < 1.29 is 9.53 Å². The normalized spacial score (nSPS) is 23.5. The van der Waals surface area contributed by atoms with Crippen LogP contribution in [0.4, 0.5) is 5.69 Å². The standard InChI is InChI=1S/C14H21N3O2/c1-19-14(18)13-9-10(7-8-16-13)17-12-6-4-2-3-5-11(12)15/h7-9,11-12H,2-6,15H2,1H3,(H,16,17). The molecule has 0 aromatic carbocycles. The Balaban J connectivity index is 2.07. The molecule has 2 unspecified atom stereocenters. The lowest BCUT2D eigenvalue weighted by molar-refractivity contribution is 0.0594. The summed E-state index contributed by atoms with van der Waals surface area (Å²) in [6.45, 7) is 0. The molecule has 0 amide bonds. The largest absolute Gasteiger partial charge is 0.464 e. The number of hydrogen-bond acceptors (Lipinski definition) is 5. The Morgan fingerprint density at radius 2 is 2.21 bits per heavy atom. The molecule has 104 valence electrons. The number of methoxy groups -OCH3 is 1. The number of carbonyl (C=O) groups excluding carboxylic acids is 1. The molecule has 0 saturated heterocycles. The molecule has 2 atom stereocenters. The summed E-state index contributed by atoms with van der Waals surface area (Å²) in [6, 6.07) is 3.99. The summed E-state index contributed by atoms with van der Waals surface area (Å²) in [5.41, 5.74) is 7.37. The van der Waals surface area contributed by atoms with Crippen molar-refractivity contribution in [3.63, 3.8) is 0 Å². The van der Waals surface area contributed by atoms with Crippen LogP contribution in [0.3, 0.4) is 0 Å². The summed E-state index contributed by atoms with van der Waals surface area (Å²) in [6.07, 6.45) is 7.36. The first-order valence-electron chi connectivity index (χ1n) is 6.77. The van der Waals surface area contributed by atoms with Crippen molar-refractivity contribution >= 4 is 11.7 Å². The second-order valence-electron chi connectivity index (χ2n) is 4.97. The molecule has 1 aromatic heterocycles. The van der Waals surface area contributed by atoms with E-state index < -0.39 is 5.97 Å². The molecular weight excluding hydrogens is 242 g/mol. The summed E-state index contributed by atoms with van der Waals surface area (Å²) < 4.78 is 4.67. The van der Waals surface area contributed by atoms with E-state index in [9.17, 15) is 4.79 Å². The van der Waals surface area contributed by atoms with Crippen molar-refractivity contribution in [1.29, 1.82) is 0 Å². The Kier molecular flexibility index (Phi) is 4.74. The molecule has 1 aliphatic rings. The van der Waals surface area contributed by atoms with E-state index in [-0.39, 0.29) is 12.1 Å². The number of anilines is 1. The lowest BCUT2D eigenvalue weighted by Gasteiger charge is -2.23. The van der Waals surface area contributed by atoms with Gasteiger partial charge in [-0.05, 0) is 25.0 Å². The minimum absolute atomic E-state index is 0.164. The van der Waals surface area contributed by atoms with Crippen LogP contribution in [-0.2, 0) is 4.74 Å². The van der Waals surface area contributed by atoms with Crippen molar-refractivity contribution in [2.24, 2.45) is 5.73 Å². The van der Waals surface area contributed by atoms with Gasteiger partial charge in [-0.2, -0.15) is 0 Å². The molecule has 0 bridgehead atoms. The topological polar surface area (TPSA) is 77.2 Å². The van der Waals surface area contributed by atoms with Gasteiger partial charge in [0.05, 0.1) is 7.11 Å². The van der Waals surface area contributed by atoms with Gasteiger partial charge in [0.2, 0.25) is 0 Å². The van der Waals surface area contributed by atoms with Crippen LogP contribution < -0.4 is 11.1 Å². The number of carbonyl (C=O) groups is 1. The fourth-order valence-corrected chi connectivity index (χ4v) is 2.47. The first-order valence-corrected chi connectivity index (χ1v) is 6.77. The van der Waals surface area contributed by atoms with Crippen molar-refractivity contribution in [3.8, 4) is 0 Å². The number of esters is 1. The van der Waals surface area contributed by atoms with E-state index in [0.717, 1.165) is 18.5 Å². The van der Waals surface area contributed by atoms with Gasteiger partial charge in [-0.25, -0.2) is 9.78 Å². The molecule has 1 aliphatic carbocycles. The predicted molar refractivity (Wildman–Crippen MR) is 74.0 cm³/mol. The van der Waals surface area contributed by atoms with Crippen molar-refractivity contribution in [2.75, 3.05) is 12.4 Å². The molecule has 0 aliphatic heterocycles. The lowest BCUT2D eigenvalue weighted by atomic mass is 10.0. The molecule has 1 saturated carbocycles. The summed E-state index contributed by atoms with van der Waals surface area (Å²) in [7, 11) is 1.35. The van der Waals surface area contributed by atoms with E-state index in [1.807, 2.05) is 6.07 Å². The molecule has 0 spiro atoms. The number of nitrogens with zero attached hydrogens (tertiary/aromatic N) is 1. The molecule has 5 heteroatoms. The molecule has 5 nitrogen and oxygen atoms in total. The minimum Gasteiger partial charge on any atom is -0.464 e. The van der Waals surface area contributed by atoms with Crippen LogP contribution in [0, 0.1) is 0 Å². The zero-order valence-corrected chi connectivity index (χ0v) is 11.3. The zero-order chi connectivity index (χ0) is 13.7. The Morgan fingerprint density at radius 1 is 1.42 bits per heavy atom. The monoisotopic (exact) mass is 263 g/mol. The number of hydrogen-bond donors (Lipinski definition) is 2. The molecule has 1 fully saturated rings. The van der Waals surface area contributed by atoms with Crippen LogP contribution in [0.25, 0.3) is 0 Å². The van der Waals surface area contributed by atoms with Gasteiger partial charge in [0.1, 0.15) is 5.69 Å². The van der Waals surface area contributed by atoms with Crippen molar-refractivity contribution in [2.45, 2.75) is 44.2 Å². The summed E-state index contributed by atoms with van der Waals surface area (Å²) in [5, 5.41) is 3.42. The number of nitrogens with one attached hydrogen (secondary N) is 1. The van der Waals surface area contributed by atoms with E-state index in [1.165, 1.54) is 26.4 Å². The predicted octanol–water partition coefficient (Wildman–Crippen LogP) is 1.94. The maximum atomic E-state index is 11.4. The summed E-state index contributed by atoms with van der Waals surface area (Å²) in [5.74, 6) is -0.422. The Hall–Kier alpha value is -1.62. The van der Waals surface area contributed by atoms with Crippen LogP contribution >= 0.6 is 0 Å². The second kappa shape index (κ2) is 6.52. The number of pyridine rings is 1. The van der Waals surface area contributed by atoms with E-state index >= 15 is 0 Å². The highest BCUT2D eigenvalue weighted by Gasteiger charge is 2.20. The molecular formula is C14H21N3O2. The van der Waals surface area contributed by atoms with E-state index in [1.54, 1.807) is 12.3 Å². The molecule has 3 N–H and O–H groups in total. The average molecular weight is 263 g/mol. The molecule has 1 aromatic rings. The van der Waals surface area contributed by atoms with Gasteiger partial charge >= 0.3 is 5.97 Å². The third kappa shape index (κ3) is 3.67. The quantitative estimate of drug-likeness (QED) is 0.643. The smallest absolute Gasteiger partial charge is 0.356 e. The van der Waals surface area contributed by atoms with E-state index in [0.29, 0.717) is 5.69 Å². The third-order valence-electron chi connectivity index (χ3n) is 3.58. The Labute approximate surface area is 113 Å². The SMILES string of the molecule is COC(=O)c1cc(NC2CCCCCC2N)ccn1. The van der Waals surface area contributed by atoms with Gasteiger partial charge in [-0.3, -0.25) is 0 Å². The summed E-state index contributed by atoms with van der Waals surface area (Å²) in [4.78, 5) is 15.4. The van der Waals surface area contributed by atoms with Crippen molar-refractivity contribution in [1.82, 2.24) is 4.98 Å². The molecule has 19 heavy (non-hydrogen) atoms. The highest BCUT2D eigenvalue weighted by molar-refractivity contribution is 5.88. The Morgan fingerprint density at radius 3 is 3.00 bits per heavy atom. The maximum absolute atomic E-state index is 11.4. The fourth-order valence-electron chi connectivity index (χ4n) is 2.47. The van der Waals surface area contributed by atoms with E-state index in [2.05, 4.69) is 15.0 Å². The molecule has 0 radical (unpaired) electrons. The average Bonchev–Trinajstić information content (AvgIpc) is 2.64. The third-order valence-corrected chi connectivity index (χ3v) is 3.58. The molecule has 2 rings (SSSR count). The fraction of sp³-hybridized carbons (Fsp3) is 0.571. The number of ether oxygens (including phenoxy) is 1. The highest BCUT2D eigenvalue weighted by atomic mass is 16.5. The highest BCUT2D eigenvalue weighted by Crippen LogP contribution is 2.20. The van der Waals surface area contributed by atoms with Gasteiger partial charge in [-0.1, -0.05) is 19.3 Å². The van der Waals surface area contributed by atoms with Crippen LogP contribution in [0.1, 0.15) is 42.6 Å². The maximum Gasteiger partial charge on any atom is 0.356 e. The summed E-state index contributed by atoms with van der Waals surface area (Å²) >= 11 is 0. The number of nitrogens with two attached hydrogens (primary N) is 1. The number of aromatic nitrogens is 1. The Bertz CT molecular complexity index is 436. The van der Waals surface area contributed by atoms with Gasteiger partial charge < -0.3 is 15.8 Å². The van der Waals surface area contributed by atoms with E-state index in [4.69, 9.17) is 5.73 Å². The first-order chi connectivity index (χ1) is 9.20. The lowest BCUT2D eigenvalue weighted by Crippen LogP contribution is -2.39. The second-order valence-corrected chi connectivity index (χ2v) is 4.97. The van der Waals surface area contributed by atoms with Crippen LogP contribution in [0.2, 0.25) is 0 Å². The van der Waals surface area contributed by atoms with Crippen molar-refractivity contribution in [3.05, 3.63) is 24.0 Å². The van der Waals surface area contributed by atoms with Crippen LogP contribution in [0.5, 0.6) is 0 Å². The first kappa shape index (κ1) is 13.8. The van der Waals surface area contributed by atoms with Gasteiger partial charge in [0.15, 0.2) is 0 Å². The van der Waals surface area contributed by atoms with Gasteiger partial charge in [0.25, 0.3) is 0 Å². The van der Waals surface area contributed by atoms with Gasteiger partial charge in [0, 0.05) is 24.0 Å². The zero-order valence-electron chi connectivity index (χ0n) is 11.3. The van der Waals surface area contributed by atoms with Crippen LogP contribution in [0.15, 0.2) is 18.3 Å². The van der Waals surface area contributed by atoms with Gasteiger partial charge in [-0.15, -0.1) is 0 Å². The molecule has 1 heterocycles.